The molecule has 0 aliphatic heterocycles. The topological polar surface area (TPSA) is 38.0 Å². The van der Waals surface area contributed by atoms with Crippen LogP contribution < -0.4 is 10.4 Å². The first kappa shape index (κ1) is 7.25. The van der Waals surface area contributed by atoms with E-state index in [1.807, 2.05) is 7.05 Å². The van der Waals surface area contributed by atoms with E-state index in [0.717, 1.165) is 5.54 Å². The molecule has 0 spiro atoms. The molecule has 1 unspecified atom stereocenters. The SMILES string of the molecule is CN[SiH](N)C1CCCC1. The Bertz CT molecular complexity index is 81.1. The summed E-state index contributed by atoms with van der Waals surface area (Å²) in [7, 11) is 1.01. The number of nitrogens with two attached hydrogens (primary N) is 1. The van der Waals surface area contributed by atoms with Gasteiger partial charge in [-0.3, -0.25) is 0 Å². The van der Waals surface area contributed by atoms with Gasteiger partial charge in [0.2, 0.25) is 0 Å². The van der Waals surface area contributed by atoms with Crippen molar-refractivity contribution >= 4 is 9.12 Å². The molecule has 0 heterocycles. The molecular formula is C6H16N2Si. The van der Waals surface area contributed by atoms with Crippen molar-refractivity contribution in [2.24, 2.45) is 5.40 Å². The summed E-state index contributed by atoms with van der Waals surface area (Å²) >= 11 is 0. The fraction of sp³-hybridized carbons (Fsp3) is 1.00. The second-order valence-corrected chi connectivity index (χ2v) is 5.43. The fourth-order valence-electron chi connectivity index (χ4n) is 1.55. The van der Waals surface area contributed by atoms with E-state index < -0.39 is 9.12 Å². The van der Waals surface area contributed by atoms with Crippen LogP contribution in [0.5, 0.6) is 0 Å². The second kappa shape index (κ2) is 3.34. The van der Waals surface area contributed by atoms with Crippen LogP contribution in [0.2, 0.25) is 5.54 Å². The van der Waals surface area contributed by atoms with Crippen molar-refractivity contribution in [3.05, 3.63) is 0 Å². The average molecular weight is 144 g/mol. The Kier molecular flexibility index (Phi) is 2.69. The molecule has 1 aliphatic carbocycles. The molecule has 0 bridgehead atoms. The van der Waals surface area contributed by atoms with E-state index in [0.29, 0.717) is 0 Å². The quantitative estimate of drug-likeness (QED) is 0.548. The summed E-state index contributed by atoms with van der Waals surface area (Å²) in [5.74, 6) is 0. The Balaban J connectivity index is 2.24. The molecule has 0 radical (unpaired) electrons. The Morgan fingerprint density at radius 3 is 2.44 bits per heavy atom. The number of rotatable bonds is 2. The van der Waals surface area contributed by atoms with Gasteiger partial charge >= 0.3 is 0 Å². The molecule has 3 N–H and O–H groups in total. The lowest BCUT2D eigenvalue weighted by molar-refractivity contribution is 0.828. The van der Waals surface area contributed by atoms with Gasteiger partial charge in [0.05, 0.1) is 0 Å². The highest BCUT2D eigenvalue weighted by Gasteiger charge is 2.21. The summed E-state index contributed by atoms with van der Waals surface area (Å²) < 4.78 is 0. The smallest absolute Gasteiger partial charge is 0.184 e. The van der Waals surface area contributed by atoms with Gasteiger partial charge in [-0.2, -0.15) is 0 Å². The first-order valence-corrected chi connectivity index (χ1v) is 5.68. The third kappa shape index (κ3) is 1.78. The average Bonchev–Trinajstić information content (AvgIpc) is 2.37. The summed E-state index contributed by atoms with van der Waals surface area (Å²) in [5, 5.41) is 5.91. The van der Waals surface area contributed by atoms with E-state index in [1.165, 1.54) is 25.7 Å². The van der Waals surface area contributed by atoms with Crippen LogP contribution in [0, 0.1) is 0 Å². The minimum atomic E-state index is -0.984. The van der Waals surface area contributed by atoms with Crippen LogP contribution >= 0.6 is 0 Å². The van der Waals surface area contributed by atoms with Crippen molar-refractivity contribution in [2.75, 3.05) is 7.05 Å². The largest absolute Gasteiger partial charge is 0.341 e. The molecule has 1 atom stereocenters. The highest BCUT2D eigenvalue weighted by atomic mass is 28.3. The van der Waals surface area contributed by atoms with Crippen LogP contribution in [0.25, 0.3) is 0 Å². The summed E-state index contributed by atoms with van der Waals surface area (Å²) in [6, 6.07) is 0. The lowest BCUT2D eigenvalue weighted by Gasteiger charge is -2.14. The standard InChI is InChI=1S/C6H16N2Si/c1-8-9(7)6-4-2-3-5-6/h6,8-9H,2-5,7H2,1H3. The van der Waals surface area contributed by atoms with Gasteiger partial charge in [0.1, 0.15) is 0 Å². The van der Waals surface area contributed by atoms with Gasteiger partial charge in [-0.05, 0) is 12.6 Å². The fourth-order valence-corrected chi connectivity index (χ4v) is 3.21. The van der Waals surface area contributed by atoms with E-state index >= 15 is 0 Å². The summed E-state index contributed by atoms with van der Waals surface area (Å²) in [4.78, 5) is 3.22. The minimum absolute atomic E-state index is 0.884. The van der Waals surface area contributed by atoms with Crippen LogP contribution in [0.1, 0.15) is 25.7 Å². The maximum absolute atomic E-state index is 5.91. The molecule has 9 heavy (non-hydrogen) atoms. The van der Waals surface area contributed by atoms with Gasteiger partial charge in [0.25, 0.3) is 0 Å². The molecule has 1 rings (SSSR count). The Labute approximate surface area is 58.6 Å². The maximum Gasteiger partial charge on any atom is 0.184 e. The zero-order chi connectivity index (χ0) is 6.69. The van der Waals surface area contributed by atoms with Crippen molar-refractivity contribution in [1.29, 1.82) is 0 Å². The van der Waals surface area contributed by atoms with Gasteiger partial charge in [-0.1, -0.05) is 25.7 Å². The second-order valence-electron chi connectivity index (χ2n) is 2.86. The minimum Gasteiger partial charge on any atom is -0.341 e. The highest BCUT2D eigenvalue weighted by molar-refractivity contribution is 6.54. The monoisotopic (exact) mass is 144 g/mol. The van der Waals surface area contributed by atoms with Crippen LogP contribution in [0.3, 0.4) is 0 Å². The first-order chi connectivity index (χ1) is 4.34. The molecule has 1 fully saturated rings. The van der Waals surface area contributed by atoms with Gasteiger partial charge in [-0.25, -0.2) is 0 Å². The third-order valence-electron chi connectivity index (χ3n) is 2.24. The maximum atomic E-state index is 5.91. The van der Waals surface area contributed by atoms with E-state index in [4.69, 9.17) is 5.40 Å². The number of hydrogen-bond acceptors (Lipinski definition) is 2. The van der Waals surface area contributed by atoms with Crippen LogP contribution in [-0.4, -0.2) is 16.2 Å². The molecule has 0 aromatic heterocycles. The van der Waals surface area contributed by atoms with Gasteiger partial charge < -0.3 is 10.4 Å². The molecular weight excluding hydrogens is 128 g/mol. The zero-order valence-corrected chi connectivity index (χ0v) is 7.22. The predicted octanol–water partition coefficient (Wildman–Crippen LogP) is 0.329. The van der Waals surface area contributed by atoms with E-state index in [-0.39, 0.29) is 0 Å². The Hall–Kier alpha value is 0.137. The summed E-state index contributed by atoms with van der Waals surface area (Å²) in [5.41, 5.74) is 0.884. The van der Waals surface area contributed by atoms with Crippen molar-refractivity contribution < 1.29 is 0 Å². The van der Waals surface area contributed by atoms with Crippen molar-refractivity contribution in [3.8, 4) is 0 Å². The van der Waals surface area contributed by atoms with E-state index in [2.05, 4.69) is 4.98 Å². The molecule has 3 heteroatoms. The zero-order valence-electron chi connectivity index (χ0n) is 6.06. The molecule has 1 saturated carbocycles. The number of hydrogen-bond donors (Lipinski definition) is 2. The highest BCUT2D eigenvalue weighted by Crippen LogP contribution is 2.29. The van der Waals surface area contributed by atoms with E-state index in [9.17, 15) is 0 Å². The normalized spacial score (nSPS) is 24.7. The van der Waals surface area contributed by atoms with Gasteiger partial charge in [-0.15, -0.1) is 0 Å². The molecule has 0 amide bonds. The van der Waals surface area contributed by atoms with E-state index in [1.54, 1.807) is 0 Å². The lowest BCUT2D eigenvalue weighted by Crippen LogP contribution is -2.43. The Morgan fingerprint density at radius 1 is 1.44 bits per heavy atom. The first-order valence-electron chi connectivity index (χ1n) is 3.77. The summed E-state index contributed by atoms with van der Waals surface area (Å²) in [6.45, 7) is 0. The molecule has 0 saturated heterocycles. The summed E-state index contributed by atoms with van der Waals surface area (Å²) in [6.07, 6.45) is 5.59. The third-order valence-corrected chi connectivity index (χ3v) is 4.59. The molecule has 2 nitrogen and oxygen atoms in total. The van der Waals surface area contributed by atoms with Gasteiger partial charge in [0, 0.05) is 0 Å². The lowest BCUT2D eigenvalue weighted by atomic mass is 10.4. The molecule has 0 aromatic rings. The number of nitrogens with one attached hydrogen (secondary N) is 1. The van der Waals surface area contributed by atoms with Crippen LogP contribution in [0.4, 0.5) is 0 Å². The van der Waals surface area contributed by atoms with Crippen LogP contribution in [0.15, 0.2) is 0 Å². The Morgan fingerprint density at radius 2 is 2.00 bits per heavy atom. The molecule has 1 aliphatic rings. The van der Waals surface area contributed by atoms with Gasteiger partial charge in [0.15, 0.2) is 9.12 Å². The molecule has 0 aromatic carbocycles. The van der Waals surface area contributed by atoms with Crippen LogP contribution in [-0.2, 0) is 0 Å². The molecule has 54 valence electrons. The van der Waals surface area contributed by atoms with Crippen molar-refractivity contribution in [3.63, 3.8) is 0 Å². The van der Waals surface area contributed by atoms with Crippen molar-refractivity contribution in [2.45, 2.75) is 31.2 Å². The predicted molar refractivity (Wildman–Crippen MR) is 42.6 cm³/mol. The van der Waals surface area contributed by atoms with Crippen molar-refractivity contribution in [1.82, 2.24) is 4.98 Å².